The van der Waals surface area contributed by atoms with Crippen molar-refractivity contribution in [1.82, 2.24) is 0 Å². The summed E-state index contributed by atoms with van der Waals surface area (Å²) in [7, 11) is 1.72. The summed E-state index contributed by atoms with van der Waals surface area (Å²) in [5, 5.41) is 10.1. The van der Waals surface area contributed by atoms with Crippen molar-refractivity contribution >= 4 is 0 Å². The molecule has 0 spiro atoms. The van der Waals surface area contributed by atoms with Crippen molar-refractivity contribution in [3.63, 3.8) is 0 Å². The summed E-state index contributed by atoms with van der Waals surface area (Å²) >= 11 is 0. The van der Waals surface area contributed by atoms with Crippen LogP contribution in [0, 0.1) is 0 Å². The van der Waals surface area contributed by atoms with Gasteiger partial charge in [-0.3, -0.25) is 0 Å². The molecule has 0 radical (unpaired) electrons. The highest BCUT2D eigenvalue weighted by molar-refractivity contribution is 4.95. The van der Waals surface area contributed by atoms with Crippen LogP contribution in [0.4, 0.5) is 0 Å². The molecule has 0 aromatic carbocycles. The lowest BCUT2D eigenvalue weighted by molar-refractivity contribution is -0.151. The molecule has 2 unspecified atom stereocenters. The Morgan fingerprint density at radius 1 is 1.44 bits per heavy atom. The van der Waals surface area contributed by atoms with Crippen LogP contribution in [0.15, 0.2) is 0 Å². The van der Waals surface area contributed by atoms with Gasteiger partial charge in [-0.2, -0.15) is 0 Å². The van der Waals surface area contributed by atoms with E-state index in [1.807, 2.05) is 0 Å². The Morgan fingerprint density at radius 3 is 2.75 bits per heavy atom. The summed E-state index contributed by atoms with van der Waals surface area (Å²) in [6.45, 7) is 0.926. The summed E-state index contributed by atoms with van der Waals surface area (Å²) in [5.41, 5.74) is -0.212. The van der Waals surface area contributed by atoms with Crippen LogP contribution < -0.4 is 0 Å². The summed E-state index contributed by atoms with van der Waals surface area (Å²) in [5.74, 6) is 0. The summed E-state index contributed by atoms with van der Waals surface area (Å²) in [4.78, 5) is 0. The maximum Gasteiger partial charge on any atom is 0.0936 e. The van der Waals surface area contributed by atoms with Crippen molar-refractivity contribution in [3.05, 3.63) is 0 Å². The van der Waals surface area contributed by atoms with Crippen LogP contribution in [0.5, 0.6) is 0 Å². The van der Waals surface area contributed by atoms with E-state index in [2.05, 4.69) is 0 Å². The van der Waals surface area contributed by atoms with Crippen molar-refractivity contribution in [2.24, 2.45) is 0 Å². The summed E-state index contributed by atoms with van der Waals surface area (Å²) in [6.07, 6.45) is 8.80. The zero-order valence-electron chi connectivity index (χ0n) is 10.3. The molecular weight excluding hydrogens is 204 g/mol. The first kappa shape index (κ1) is 12.3. The molecule has 1 saturated heterocycles. The lowest BCUT2D eigenvalue weighted by Gasteiger charge is -2.44. The predicted octanol–water partition coefficient (Wildman–Crippen LogP) is 2.27. The van der Waals surface area contributed by atoms with Gasteiger partial charge in [0.05, 0.1) is 17.8 Å². The highest BCUT2D eigenvalue weighted by Crippen LogP contribution is 2.39. The molecule has 1 aliphatic heterocycles. The molecule has 0 aromatic rings. The van der Waals surface area contributed by atoms with Crippen LogP contribution in [0.2, 0.25) is 0 Å². The Balaban J connectivity index is 1.64. The molecule has 3 heteroatoms. The molecule has 0 amide bonds. The fourth-order valence-electron chi connectivity index (χ4n) is 2.87. The first-order chi connectivity index (χ1) is 7.77. The second kappa shape index (κ2) is 5.48. The van der Waals surface area contributed by atoms with Crippen molar-refractivity contribution in [3.8, 4) is 0 Å². The molecule has 16 heavy (non-hydrogen) atoms. The Morgan fingerprint density at radius 2 is 2.25 bits per heavy atom. The SMILES string of the molecule is COC1(C(O)CCCC2CCCO2)CCC1. The van der Waals surface area contributed by atoms with E-state index in [0.29, 0.717) is 6.10 Å². The van der Waals surface area contributed by atoms with Crippen LogP contribution in [-0.4, -0.2) is 36.6 Å². The first-order valence-electron chi connectivity index (χ1n) is 6.62. The van der Waals surface area contributed by atoms with Gasteiger partial charge in [0.1, 0.15) is 0 Å². The van der Waals surface area contributed by atoms with Crippen LogP contribution in [0.25, 0.3) is 0 Å². The summed E-state index contributed by atoms with van der Waals surface area (Å²) in [6, 6.07) is 0. The lowest BCUT2D eigenvalue weighted by Crippen LogP contribution is -2.49. The van der Waals surface area contributed by atoms with E-state index in [-0.39, 0.29) is 11.7 Å². The van der Waals surface area contributed by atoms with Gasteiger partial charge >= 0.3 is 0 Å². The normalized spacial score (nSPS) is 30.0. The van der Waals surface area contributed by atoms with E-state index < -0.39 is 0 Å². The summed E-state index contributed by atoms with van der Waals surface area (Å²) < 4.78 is 11.1. The third kappa shape index (κ3) is 2.58. The van der Waals surface area contributed by atoms with E-state index >= 15 is 0 Å². The second-order valence-electron chi connectivity index (χ2n) is 5.20. The first-order valence-corrected chi connectivity index (χ1v) is 6.62. The van der Waals surface area contributed by atoms with Gasteiger partial charge in [-0.1, -0.05) is 0 Å². The van der Waals surface area contributed by atoms with E-state index in [9.17, 15) is 5.11 Å². The van der Waals surface area contributed by atoms with Gasteiger partial charge in [-0.05, 0) is 51.4 Å². The van der Waals surface area contributed by atoms with E-state index in [0.717, 1.165) is 38.7 Å². The fraction of sp³-hybridized carbons (Fsp3) is 1.00. The van der Waals surface area contributed by atoms with Crippen molar-refractivity contribution in [1.29, 1.82) is 0 Å². The van der Waals surface area contributed by atoms with Gasteiger partial charge in [-0.15, -0.1) is 0 Å². The Hall–Kier alpha value is -0.120. The quantitative estimate of drug-likeness (QED) is 0.758. The Kier molecular flexibility index (Phi) is 4.22. The van der Waals surface area contributed by atoms with Crippen molar-refractivity contribution < 1.29 is 14.6 Å². The zero-order chi connectivity index (χ0) is 11.4. The lowest BCUT2D eigenvalue weighted by atomic mass is 9.74. The number of hydrogen-bond acceptors (Lipinski definition) is 3. The minimum Gasteiger partial charge on any atom is -0.390 e. The molecule has 1 aliphatic carbocycles. The molecule has 2 rings (SSSR count). The minimum atomic E-state index is -0.285. The van der Waals surface area contributed by atoms with Gasteiger partial charge in [0, 0.05) is 13.7 Å². The molecule has 3 nitrogen and oxygen atoms in total. The average molecular weight is 228 g/mol. The smallest absolute Gasteiger partial charge is 0.0936 e. The van der Waals surface area contributed by atoms with Crippen LogP contribution in [0.1, 0.15) is 51.4 Å². The van der Waals surface area contributed by atoms with Gasteiger partial charge in [0.25, 0.3) is 0 Å². The Labute approximate surface area is 98.1 Å². The highest BCUT2D eigenvalue weighted by Gasteiger charge is 2.43. The number of ether oxygens (including phenoxy) is 2. The molecule has 1 N–H and O–H groups in total. The van der Waals surface area contributed by atoms with Crippen LogP contribution >= 0.6 is 0 Å². The zero-order valence-corrected chi connectivity index (χ0v) is 10.3. The van der Waals surface area contributed by atoms with Crippen LogP contribution in [0.3, 0.4) is 0 Å². The maximum absolute atomic E-state index is 10.1. The standard InChI is InChI=1S/C13H24O3/c1-15-13(8-4-9-13)12(14)7-2-5-11-6-3-10-16-11/h11-12,14H,2-10H2,1H3. The Bertz CT molecular complexity index is 202. The van der Waals surface area contributed by atoms with Crippen LogP contribution in [-0.2, 0) is 9.47 Å². The third-order valence-electron chi connectivity index (χ3n) is 4.24. The monoisotopic (exact) mass is 228 g/mol. The number of aliphatic hydroxyl groups excluding tert-OH is 1. The van der Waals surface area contributed by atoms with Gasteiger partial charge in [0.2, 0.25) is 0 Å². The maximum atomic E-state index is 10.1. The molecule has 2 atom stereocenters. The molecule has 2 fully saturated rings. The van der Waals surface area contributed by atoms with Crippen molar-refractivity contribution in [2.45, 2.75) is 69.2 Å². The number of aliphatic hydroxyl groups is 1. The minimum absolute atomic E-state index is 0.212. The highest BCUT2D eigenvalue weighted by atomic mass is 16.5. The molecule has 1 heterocycles. The second-order valence-corrected chi connectivity index (χ2v) is 5.20. The predicted molar refractivity (Wildman–Crippen MR) is 62.4 cm³/mol. The van der Waals surface area contributed by atoms with Crippen molar-refractivity contribution in [2.75, 3.05) is 13.7 Å². The van der Waals surface area contributed by atoms with E-state index in [1.165, 1.54) is 19.3 Å². The molecular formula is C13H24O3. The molecule has 2 aliphatic rings. The molecule has 0 aromatic heterocycles. The van der Waals surface area contributed by atoms with E-state index in [1.54, 1.807) is 7.11 Å². The van der Waals surface area contributed by atoms with Gasteiger partial charge < -0.3 is 14.6 Å². The van der Waals surface area contributed by atoms with Gasteiger partial charge in [0.15, 0.2) is 0 Å². The molecule has 94 valence electrons. The fourth-order valence-corrected chi connectivity index (χ4v) is 2.87. The van der Waals surface area contributed by atoms with E-state index in [4.69, 9.17) is 9.47 Å². The number of hydrogen-bond donors (Lipinski definition) is 1. The average Bonchev–Trinajstić information content (AvgIpc) is 2.70. The topological polar surface area (TPSA) is 38.7 Å². The molecule has 1 saturated carbocycles. The number of rotatable bonds is 6. The third-order valence-corrected chi connectivity index (χ3v) is 4.24. The van der Waals surface area contributed by atoms with Gasteiger partial charge in [-0.25, -0.2) is 0 Å². The number of methoxy groups -OCH3 is 1. The molecule has 0 bridgehead atoms. The largest absolute Gasteiger partial charge is 0.390 e.